The molecule has 3 aromatic carbocycles. The maximum absolute atomic E-state index is 10.1. The van der Waals surface area contributed by atoms with E-state index in [2.05, 4.69) is 48.0 Å². The molecule has 1 aliphatic rings. The van der Waals surface area contributed by atoms with Gasteiger partial charge in [0, 0.05) is 16.2 Å². The van der Waals surface area contributed by atoms with Crippen LogP contribution in [0.25, 0.3) is 44.4 Å². The Kier molecular flexibility index (Phi) is 14.9. The average molecular weight is 899 g/mol. The summed E-state index contributed by atoms with van der Waals surface area (Å²) in [4.78, 5) is 17.5. The van der Waals surface area contributed by atoms with Crippen molar-refractivity contribution in [1.82, 2.24) is 33.6 Å². The van der Waals surface area contributed by atoms with Crippen LogP contribution in [-0.2, 0) is 28.9 Å². The van der Waals surface area contributed by atoms with Crippen LogP contribution in [0.4, 0.5) is 0 Å². The second kappa shape index (κ2) is 18.5. The van der Waals surface area contributed by atoms with Crippen LogP contribution in [0.3, 0.4) is 0 Å². The van der Waals surface area contributed by atoms with E-state index < -0.39 is 23.9 Å². The first kappa shape index (κ1) is 49.2. The zero-order chi connectivity index (χ0) is 43.1. The standard InChI is InChI=1S/C17H25BN2O3.C17H19N3O.C11H13BrN2O.2CH4/c1-15(2,21)10-20-11-19-13-8-7-12(9-14(13)20)18-22-16(3,4)17(5,6)23-18;1-12-4-6-14(18-9-12)13-5-7-15-16(8-13)20(11-19-15)10-17(2,3)21;1-11(2,15)6-14-7-13-9-4-3-8(12)5-10(9)14;;/h7-9,11,21H,10H2,1-6H3;4-9,11,21H,10H2,1-3H3;3-5,7,15H,6H2,1-2H3;2*1H4. The molecule has 0 spiro atoms. The Morgan fingerprint density at radius 2 is 1.02 bits per heavy atom. The van der Waals surface area contributed by atoms with Gasteiger partial charge in [-0.15, -0.1) is 0 Å². The van der Waals surface area contributed by atoms with Crippen LogP contribution in [0.5, 0.6) is 0 Å². The lowest BCUT2D eigenvalue weighted by molar-refractivity contribution is 0.00578. The molecule has 1 saturated heterocycles. The molecule has 0 unspecified atom stereocenters. The number of pyridine rings is 1. The van der Waals surface area contributed by atoms with E-state index in [1.54, 1.807) is 60.5 Å². The van der Waals surface area contributed by atoms with Crippen LogP contribution >= 0.6 is 15.9 Å². The first-order valence-electron chi connectivity index (χ1n) is 19.8. The van der Waals surface area contributed by atoms with Crippen LogP contribution in [0, 0.1) is 6.92 Å². The molecule has 1 aliphatic heterocycles. The summed E-state index contributed by atoms with van der Waals surface area (Å²) in [5, 5.41) is 29.8. The van der Waals surface area contributed by atoms with Gasteiger partial charge in [-0.1, -0.05) is 49.0 Å². The Morgan fingerprint density at radius 1 is 0.590 bits per heavy atom. The van der Waals surface area contributed by atoms with Crippen molar-refractivity contribution < 1.29 is 24.6 Å². The summed E-state index contributed by atoms with van der Waals surface area (Å²) >= 11 is 3.43. The number of benzene rings is 3. The lowest BCUT2D eigenvalue weighted by Crippen LogP contribution is -2.41. The molecular weight excluding hydrogens is 833 g/mol. The summed E-state index contributed by atoms with van der Waals surface area (Å²) in [5.74, 6) is 0. The van der Waals surface area contributed by atoms with Gasteiger partial charge < -0.3 is 38.3 Å². The van der Waals surface area contributed by atoms with Crippen molar-refractivity contribution >= 4 is 61.6 Å². The molecule has 0 atom stereocenters. The lowest BCUT2D eigenvalue weighted by Gasteiger charge is -2.32. The molecule has 0 saturated carbocycles. The van der Waals surface area contributed by atoms with Gasteiger partial charge in [0.25, 0.3) is 0 Å². The van der Waals surface area contributed by atoms with Crippen LogP contribution in [0.1, 0.15) is 89.7 Å². The van der Waals surface area contributed by atoms with Gasteiger partial charge in [-0.25, -0.2) is 15.0 Å². The van der Waals surface area contributed by atoms with Crippen LogP contribution in [0.15, 0.2) is 96.4 Å². The lowest BCUT2D eigenvalue weighted by atomic mass is 9.79. The highest BCUT2D eigenvalue weighted by molar-refractivity contribution is 9.10. The SMILES string of the molecule is C.C.CC(C)(O)Cn1cnc2ccc(B3OC(C)(C)C(C)(C)O3)cc21.CC(C)(O)Cn1cnc2ccc(Br)cc21.Cc1ccc(-c2ccc3ncn(CC(C)(C)O)c3c2)nc1. The average Bonchev–Trinajstić information content (AvgIpc) is 3.87. The van der Waals surface area contributed by atoms with Gasteiger partial charge in [0.05, 0.1) is 105 Å². The Bertz CT molecular complexity index is 2530. The van der Waals surface area contributed by atoms with Gasteiger partial charge in [0.15, 0.2) is 0 Å². The van der Waals surface area contributed by atoms with Crippen molar-refractivity contribution in [2.45, 2.75) is 139 Å². The van der Waals surface area contributed by atoms with E-state index in [1.165, 1.54) is 0 Å². The number of hydrogen-bond acceptors (Lipinski definition) is 9. The van der Waals surface area contributed by atoms with Gasteiger partial charge in [0.2, 0.25) is 0 Å². The molecule has 0 radical (unpaired) electrons. The van der Waals surface area contributed by atoms with Crippen molar-refractivity contribution in [2.24, 2.45) is 0 Å². The monoisotopic (exact) mass is 897 g/mol. The summed E-state index contributed by atoms with van der Waals surface area (Å²) in [6, 6.07) is 22.1. The fraction of sp³-hybridized carbons (Fsp3) is 0.447. The van der Waals surface area contributed by atoms with Crippen molar-refractivity contribution in [1.29, 1.82) is 0 Å². The van der Waals surface area contributed by atoms with Crippen LogP contribution in [-0.4, -0.2) is 84.1 Å². The van der Waals surface area contributed by atoms with E-state index in [9.17, 15) is 15.3 Å². The summed E-state index contributed by atoms with van der Waals surface area (Å²) in [7, 11) is -0.394. The Balaban J connectivity index is 0.000000202. The second-order valence-corrected chi connectivity index (χ2v) is 19.4. The van der Waals surface area contributed by atoms with Gasteiger partial charge >= 0.3 is 7.12 Å². The highest BCUT2D eigenvalue weighted by atomic mass is 79.9. The molecule has 0 amide bonds. The molecule has 7 aromatic rings. The Labute approximate surface area is 370 Å². The van der Waals surface area contributed by atoms with Crippen LogP contribution < -0.4 is 5.46 Å². The molecule has 12 nitrogen and oxygen atoms in total. The molecule has 328 valence electrons. The zero-order valence-electron chi connectivity index (χ0n) is 36.0. The number of fused-ring (bicyclic) bond motifs is 3. The third-order valence-corrected chi connectivity index (χ3v) is 10.7. The van der Waals surface area contributed by atoms with E-state index in [0.29, 0.717) is 19.6 Å². The molecule has 14 heteroatoms. The Hall–Kier alpha value is -4.44. The zero-order valence-corrected chi connectivity index (χ0v) is 37.6. The van der Waals surface area contributed by atoms with Crippen LogP contribution in [0.2, 0.25) is 0 Å². The van der Waals surface area contributed by atoms with E-state index in [4.69, 9.17) is 9.31 Å². The molecule has 0 bridgehead atoms. The van der Waals surface area contributed by atoms with Gasteiger partial charge in [-0.3, -0.25) is 4.98 Å². The topological polar surface area (TPSA) is 146 Å². The normalized spacial score (nSPS) is 14.8. The predicted octanol–water partition coefficient (Wildman–Crippen LogP) is 9.13. The molecule has 4 aromatic heterocycles. The molecule has 5 heterocycles. The highest BCUT2D eigenvalue weighted by Crippen LogP contribution is 2.36. The predicted molar refractivity (Wildman–Crippen MR) is 253 cm³/mol. The smallest absolute Gasteiger partial charge is 0.399 e. The molecule has 0 aliphatic carbocycles. The highest BCUT2D eigenvalue weighted by Gasteiger charge is 2.51. The van der Waals surface area contributed by atoms with Crippen molar-refractivity contribution in [2.75, 3.05) is 0 Å². The van der Waals surface area contributed by atoms with E-state index in [-0.39, 0.29) is 26.1 Å². The quantitative estimate of drug-likeness (QED) is 0.127. The molecule has 8 rings (SSSR count). The number of imidazole rings is 3. The van der Waals surface area contributed by atoms with E-state index in [0.717, 1.165) is 59.9 Å². The number of rotatable bonds is 8. The fourth-order valence-corrected chi connectivity index (χ4v) is 7.06. The summed E-state index contributed by atoms with van der Waals surface area (Å²) in [6.07, 6.45) is 7.16. The van der Waals surface area contributed by atoms with Crippen molar-refractivity contribution in [3.05, 3.63) is 102 Å². The third kappa shape index (κ3) is 12.4. The Morgan fingerprint density at radius 3 is 1.46 bits per heavy atom. The molecule has 3 N–H and O–H groups in total. The fourth-order valence-electron chi connectivity index (χ4n) is 6.71. The van der Waals surface area contributed by atoms with Crippen molar-refractivity contribution in [3.63, 3.8) is 0 Å². The maximum Gasteiger partial charge on any atom is 0.494 e. The van der Waals surface area contributed by atoms with E-state index >= 15 is 0 Å². The number of aromatic nitrogens is 7. The summed E-state index contributed by atoms with van der Waals surface area (Å²) in [6.45, 7) is 22.5. The largest absolute Gasteiger partial charge is 0.494 e. The summed E-state index contributed by atoms with van der Waals surface area (Å²) < 4.78 is 19.2. The number of aryl methyl sites for hydroxylation is 1. The molecule has 1 fully saturated rings. The number of nitrogens with zero attached hydrogens (tertiary/aromatic N) is 7. The molecular formula is C47H65BBrN7O5. The summed E-state index contributed by atoms with van der Waals surface area (Å²) in [5.41, 5.74) is 6.88. The third-order valence-electron chi connectivity index (χ3n) is 10.3. The number of aliphatic hydroxyl groups is 3. The van der Waals surface area contributed by atoms with Gasteiger partial charge in [-0.2, -0.15) is 0 Å². The minimum Gasteiger partial charge on any atom is -0.399 e. The minimum atomic E-state index is -0.798. The number of hydrogen-bond donors (Lipinski definition) is 3. The first-order chi connectivity index (χ1) is 27.4. The number of halogens is 1. The van der Waals surface area contributed by atoms with E-state index in [1.807, 2.05) is 109 Å². The maximum atomic E-state index is 10.1. The first-order valence-corrected chi connectivity index (χ1v) is 20.6. The second-order valence-electron chi connectivity index (χ2n) is 18.4. The van der Waals surface area contributed by atoms with Gasteiger partial charge in [-0.05, 0) is 136 Å². The minimum absolute atomic E-state index is 0. The van der Waals surface area contributed by atoms with Gasteiger partial charge in [0.1, 0.15) is 0 Å². The van der Waals surface area contributed by atoms with Crippen molar-refractivity contribution in [3.8, 4) is 11.3 Å². The molecule has 61 heavy (non-hydrogen) atoms.